The molecule has 0 aromatic carbocycles. The smallest absolute Gasteiger partial charge is 0.270 e. The number of hydrogen-bond acceptors (Lipinski definition) is 5. The van der Waals surface area contributed by atoms with Crippen LogP contribution in [0.1, 0.15) is 49.2 Å². The van der Waals surface area contributed by atoms with Crippen LogP contribution in [0.3, 0.4) is 0 Å². The highest BCUT2D eigenvalue weighted by molar-refractivity contribution is 5.96. The first kappa shape index (κ1) is 20.4. The molecule has 2 aromatic rings. The molecule has 0 bridgehead atoms. The lowest BCUT2D eigenvalue weighted by Gasteiger charge is -2.14. The Balaban J connectivity index is 0.00000225. The maximum absolute atomic E-state index is 13.0. The van der Waals surface area contributed by atoms with Gasteiger partial charge in [-0.05, 0) is 37.3 Å². The van der Waals surface area contributed by atoms with Gasteiger partial charge in [-0.15, -0.1) is 12.4 Å². The number of halogens is 1. The van der Waals surface area contributed by atoms with Crippen molar-refractivity contribution in [3.63, 3.8) is 0 Å². The molecule has 1 aliphatic carbocycles. The summed E-state index contributed by atoms with van der Waals surface area (Å²) >= 11 is 0. The van der Waals surface area contributed by atoms with E-state index in [4.69, 9.17) is 0 Å². The number of amides is 1. The summed E-state index contributed by atoms with van der Waals surface area (Å²) in [6.45, 7) is 6.06. The summed E-state index contributed by atoms with van der Waals surface area (Å²) < 4.78 is 2.86. The first-order valence-electron chi connectivity index (χ1n) is 9.52. The van der Waals surface area contributed by atoms with Crippen molar-refractivity contribution in [1.29, 1.82) is 0 Å². The van der Waals surface area contributed by atoms with Gasteiger partial charge in [-0.2, -0.15) is 9.61 Å². The van der Waals surface area contributed by atoms with Gasteiger partial charge in [0.15, 0.2) is 5.56 Å². The lowest BCUT2D eigenvalue weighted by molar-refractivity contribution is 0.0944. The average molecular weight is 408 g/mol. The summed E-state index contributed by atoms with van der Waals surface area (Å²) in [5, 5.41) is 21.3. The summed E-state index contributed by atoms with van der Waals surface area (Å²) in [4.78, 5) is 25.6. The van der Waals surface area contributed by atoms with Crippen LogP contribution in [0.15, 0.2) is 16.9 Å². The van der Waals surface area contributed by atoms with Gasteiger partial charge in [0, 0.05) is 25.2 Å². The third kappa shape index (κ3) is 3.79. The molecular weight excluding hydrogens is 382 g/mol. The fraction of sp³-hybridized carbons (Fsp3) is 0.526. The molecule has 0 radical (unpaired) electrons. The minimum atomic E-state index is -0.532. The zero-order valence-electron chi connectivity index (χ0n) is 16.1. The number of carbonyl (C=O) groups excluding carboxylic acids is 1. The van der Waals surface area contributed by atoms with Crippen LogP contribution in [-0.4, -0.2) is 44.3 Å². The fourth-order valence-electron chi connectivity index (χ4n) is 3.38. The lowest BCUT2D eigenvalue weighted by Crippen LogP contribution is -2.36. The van der Waals surface area contributed by atoms with Crippen LogP contribution in [0, 0.1) is 5.92 Å². The topological polar surface area (TPSA) is 101 Å². The predicted molar refractivity (Wildman–Crippen MR) is 109 cm³/mol. The number of aromatic hydroxyl groups is 1. The summed E-state index contributed by atoms with van der Waals surface area (Å²) in [6, 6.07) is 1.91. The van der Waals surface area contributed by atoms with E-state index < -0.39 is 17.3 Å². The van der Waals surface area contributed by atoms with Crippen molar-refractivity contribution in [2.45, 2.75) is 45.7 Å². The summed E-state index contributed by atoms with van der Waals surface area (Å²) in [6.07, 6.45) is 4.83. The molecule has 2 aliphatic rings. The van der Waals surface area contributed by atoms with E-state index in [-0.39, 0.29) is 29.9 Å². The van der Waals surface area contributed by atoms with E-state index in [1.807, 2.05) is 19.9 Å². The molecule has 152 valence electrons. The minimum Gasteiger partial charge on any atom is -0.492 e. The number of fused-ring (bicyclic) bond motifs is 1. The molecule has 2 aromatic heterocycles. The van der Waals surface area contributed by atoms with Gasteiger partial charge in [0.25, 0.3) is 11.5 Å². The quantitative estimate of drug-likeness (QED) is 0.698. The largest absolute Gasteiger partial charge is 0.492 e. The summed E-state index contributed by atoms with van der Waals surface area (Å²) in [5.41, 5.74) is 1.51. The van der Waals surface area contributed by atoms with E-state index >= 15 is 0 Å². The SMILES string of the molecule is CC(C)Cn1c(=O)c(C(=O)NC2CC2)c(O)n2nc(C3=CCCNC3)cc12.Cl. The van der Waals surface area contributed by atoms with E-state index in [0.717, 1.165) is 31.4 Å². The second-order valence-electron chi connectivity index (χ2n) is 7.75. The van der Waals surface area contributed by atoms with Gasteiger partial charge in [0.1, 0.15) is 5.65 Å². The van der Waals surface area contributed by atoms with Crippen LogP contribution in [0.2, 0.25) is 0 Å². The number of rotatable bonds is 5. The monoisotopic (exact) mass is 407 g/mol. The number of hydrogen-bond donors (Lipinski definition) is 3. The molecule has 0 unspecified atom stereocenters. The Hall–Kier alpha value is -2.32. The Labute approximate surface area is 169 Å². The fourth-order valence-corrected chi connectivity index (χ4v) is 3.38. The second-order valence-corrected chi connectivity index (χ2v) is 7.75. The first-order chi connectivity index (χ1) is 13.0. The van der Waals surface area contributed by atoms with Crippen LogP contribution < -0.4 is 16.2 Å². The normalized spacial score (nSPS) is 16.8. The molecule has 4 rings (SSSR count). The Morgan fingerprint density at radius 2 is 2.18 bits per heavy atom. The molecule has 3 N–H and O–H groups in total. The summed E-state index contributed by atoms with van der Waals surface area (Å²) in [7, 11) is 0. The van der Waals surface area contributed by atoms with Gasteiger partial charge in [-0.1, -0.05) is 19.9 Å². The van der Waals surface area contributed by atoms with Crippen molar-refractivity contribution >= 4 is 29.5 Å². The second kappa shape index (κ2) is 7.97. The molecule has 0 saturated heterocycles. The predicted octanol–water partition coefficient (Wildman–Crippen LogP) is 1.55. The highest BCUT2D eigenvalue weighted by Crippen LogP contribution is 2.24. The van der Waals surface area contributed by atoms with E-state index in [2.05, 4.69) is 21.8 Å². The van der Waals surface area contributed by atoms with Crippen molar-refractivity contribution in [2.24, 2.45) is 5.92 Å². The number of nitrogens with one attached hydrogen (secondary N) is 2. The Bertz CT molecular complexity index is 988. The standard InChI is InChI=1S/C19H25N5O3.ClH/c1-11(2)10-23-15-8-14(12-4-3-7-20-9-12)22-24(15)19(27)16(18(23)26)17(25)21-13-5-6-13;/h4,8,11,13,20,27H,3,5-7,9-10H2,1-2H3,(H,21,25);1H. The Kier molecular flexibility index (Phi) is 5.81. The van der Waals surface area contributed by atoms with E-state index in [1.165, 1.54) is 4.52 Å². The zero-order chi connectivity index (χ0) is 19.1. The Morgan fingerprint density at radius 3 is 2.79 bits per heavy atom. The van der Waals surface area contributed by atoms with Crippen LogP contribution in [-0.2, 0) is 6.54 Å². The molecule has 1 saturated carbocycles. The van der Waals surface area contributed by atoms with Gasteiger partial charge in [0.05, 0.1) is 5.69 Å². The molecule has 0 atom stereocenters. The number of carbonyl (C=O) groups is 1. The molecule has 1 fully saturated rings. The third-order valence-electron chi connectivity index (χ3n) is 4.89. The molecular formula is C19H26ClN5O3. The molecule has 0 spiro atoms. The van der Waals surface area contributed by atoms with E-state index in [0.29, 0.717) is 24.4 Å². The molecule has 3 heterocycles. The maximum atomic E-state index is 13.0. The molecule has 9 heteroatoms. The highest BCUT2D eigenvalue weighted by atomic mass is 35.5. The van der Waals surface area contributed by atoms with Gasteiger partial charge < -0.3 is 15.7 Å². The molecule has 1 amide bonds. The van der Waals surface area contributed by atoms with Gasteiger partial charge in [-0.3, -0.25) is 14.2 Å². The third-order valence-corrected chi connectivity index (χ3v) is 4.89. The van der Waals surface area contributed by atoms with Crippen molar-refractivity contribution in [3.8, 4) is 5.88 Å². The summed E-state index contributed by atoms with van der Waals surface area (Å²) in [5.74, 6) is -0.733. The maximum Gasteiger partial charge on any atom is 0.270 e. The van der Waals surface area contributed by atoms with E-state index in [1.54, 1.807) is 4.57 Å². The average Bonchev–Trinajstić information content (AvgIpc) is 3.33. The number of nitrogens with zero attached hydrogens (tertiary/aromatic N) is 3. The van der Waals surface area contributed by atoms with E-state index in [9.17, 15) is 14.7 Å². The van der Waals surface area contributed by atoms with Crippen molar-refractivity contribution in [3.05, 3.63) is 33.8 Å². The lowest BCUT2D eigenvalue weighted by atomic mass is 10.1. The van der Waals surface area contributed by atoms with Gasteiger partial charge in [-0.25, -0.2) is 0 Å². The van der Waals surface area contributed by atoms with Crippen LogP contribution in [0.4, 0.5) is 0 Å². The number of aromatic nitrogens is 3. The van der Waals surface area contributed by atoms with Crippen LogP contribution >= 0.6 is 12.4 Å². The van der Waals surface area contributed by atoms with Crippen molar-refractivity contribution < 1.29 is 9.90 Å². The molecule has 1 aliphatic heterocycles. The first-order valence-corrected chi connectivity index (χ1v) is 9.52. The van der Waals surface area contributed by atoms with Crippen LogP contribution in [0.5, 0.6) is 5.88 Å². The zero-order valence-corrected chi connectivity index (χ0v) is 16.9. The van der Waals surface area contributed by atoms with Gasteiger partial charge in [0.2, 0.25) is 5.88 Å². The van der Waals surface area contributed by atoms with Gasteiger partial charge >= 0.3 is 0 Å². The van der Waals surface area contributed by atoms with Crippen molar-refractivity contribution in [2.75, 3.05) is 13.1 Å². The minimum absolute atomic E-state index is 0. The highest BCUT2D eigenvalue weighted by Gasteiger charge is 2.29. The Morgan fingerprint density at radius 1 is 1.43 bits per heavy atom. The van der Waals surface area contributed by atoms with Crippen molar-refractivity contribution in [1.82, 2.24) is 24.8 Å². The molecule has 28 heavy (non-hydrogen) atoms. The molecule has 8 nitrogen and oxygen atoms in total. The van der Waals surface area contributed by atoms with Crippen LogP contribution in [0.25, 0.3) is 11.2 Å².